The Morgan fingerprint density at radius 3 is 2.57 bits per heavy atom. The molecule has 130 valence electrons. The fourth-order valence-electron chi connectivity index (χ4n) is 2.19. The Balaban J connectivity index is 2.75. The van der Waals surface area contributed by atoms with Crippen LogP contribution in [0.1, 0.15) is 32.8 Å². The van der Waals surface area contributed by atoms with E-state index < -0.39 is 12.0 Å². The zero-order valence-electron chi connectivity index (χ0n) is 14.0. The van der Waals surface area contributed by atoms with Crippen LogP contribution in [0.2, 0.25) is 0 Å². The molecule has 1 unspecified atom stereocenters. The van der Waals surface area contributed by atoms with Crippen molar-refractivity contribution in [3.8, 4) is 11.5 Å². The van der Waals surface area contributed by atoms with Gasteiger partial charge >= 0.3 is 5.97 Å². The van der Waals surface area contributed by atoms with Crippen molar-refractivity contribution >= 4 is 5.97 Å². The minimum absolute atomic E-state index is 0.0651. The van der Waals surface area contributed by atoms with E-state index in [2.05, 4.69) is 5.32 Å². The zero-order chi connectivity index (χ0) is 17.2. The van der Waals surface area contributed by atoms with Crippen LogP contribution in [-0.2, 0) is 11.3 Å². The number of ether oxygens (including phenoxy) is 2. The van der Waals surface area contributed by atoms with Gasteiger partial charge in [0.1, 0.15) is 12.6 Å². The van der Waals surface area contributed by atoms with E-state index in [1.165, 1.54) is 0 Å². The molecule has 23 heavy (non-hydrogen) atoms. The third kappa shape index (κ3) is 6.88. The molecule has 0 fully saturated rings. The molecule has 0 aliphatic heterocycles. The Morgan fingerprint density at radius 2 is 2.00 bits per heavy atom. The number of carboxylic acid groups (broad SMARTS) is 1. The SMILES string of the molecule is CCOc1cc(CNC(CC(C)C)C(=O)O)ccc1OCCO. The molecular formula is C17H27NO5. The first-order chi connectivity index (χ1) is 11.0. The Hall–Kier alpha value is -1.79. The first kappa shape index (κ1) is 19.3. The van der Waals surface area contributed by atoms with E-state index in [1.54, 1.807) is 6.07 Å². The average molecular weight is 325 g/mol. The van der Waals surface area contributed by atoms with Crippen LogP contribution in [0.15, 0.2) is 18.2 Å². The highest BCUT2D eigenvalue weighted by Gasteiger charge is 2.18. The lowest BCUT2D eigenvalue weighted by molar-refractivity contribution is -0.140. The quantitative estimate of drug-likeness (QED) is 0.577. The molecule has 6 nitrogen and oxygen atoms in total. The van der Waals surface area contributed by atoms with Crippen molar-refractivity contribution in [1.82, 2.24) is 5.32 Å². The first-order valence-electron chi connectivity index (χ1n) is 7.93. The van der Waals surface area contributed by atoms with Crippen LogP contribution in [0, 0.1) is 5.92 Å². The molecule has 0 amide bonds. The van der Waals surface area contributed by atoms with E-state index in [4.69, 9.17) is 14.6 Å². The summed E-state index contributed by atoms with van der Waals surface area (Å²) in [5.74, 6) is 0.626. The number of hydrogen-bond acceptors (Lipinski definition) is 5. The summed E-state index contributed by atoms with van der Waals surface area (Å²) in [6.45, 7) is 6.94. The maximum Gasteiger partial charge on any atom is 0.320 e. The second-order valence-corrected chi connectivity index (χ2v) is 5.69. The number of aliphatic hydroxyl groups is 1. The molecule has 0 bridgehead atoms. The summed E-state index contributed by atoms with van der Waals surface area (Å²) in [5, 5.41) is 21.2. The topological polar surface area (TPSA) is 88.0 Å². The highest BCUT2D eigenvalue weighted by atomic mass is 16.5. The van der Waals surface area contributed by atoms with E-state index in [0.717, 1.165) is 5.56 Å². The van der Waals surface area contributed by atoms with Crippen molar-refractivity contribution in [2.45, 2.75) is 39.8 Å². The number of benzene rings is 1. The lowest BCUT2D eigenvalue weighted by Gasteiger charge is -2.17. The van der Waals surface area contributed by atoms with Gasteiger partial charge in [-0.1, -0.05) is 19.9 Å². The fraction of sp³-hybridized carbons (Fsp3) is 0.588. The van der Waals surface area contributed by atoms with Crippen LogP contribution in [-0.4, -0.2) is 42.0 Å². The molecule has 3 N–H and O–H groups in total. The van der Waals surface area contributed by atoms with E-state index in [1.807, 2.05) is 32.9 Å². The molecule has 6 heteroatoms. The molecule has 0 aliphatic carbocycles. The van der Waals surface area contributed by atoms with Crippen molar-refractivity contribution in [3.05, 3.63) is 23.8 Å². The number of carboxylic acids is 1. The maximum absolute atomic E-state index is 11.3. The predicted octanol–water partition coefficient (Wildman–Crippen LogP) is 2.05. The molecule has 1 aromatic rings. The van der Waals surface area contributed by atoms with Crippen LogP contribution in [0.4, 0.5) is 0 Å². The normalized spacial score (nSPS) is 12.2. The van der Waals surface area contributed by atoms with Gasteiger partial charge in [-0.2, -0.15) is 0 Å². The molecule has 0 aliphatic rings. The summed E-state index contributed by atoms with van der Waals surface area (Å²) < 4.78 is 11.0. The second-order valence-electron chi connectivity index (χ2n) is 5.69. The molecule has 1 rings (SSSR count). The third-order valence-electron chi connectivity index (χ3n) is 3.21. The standard InChI is InChI=1S/C17H27NO5/c1-4-22-16-10-13(5-6-15(16)23-8-7-19)11-18-14(17(20)21)9-12(2)3/h5-6,10,12,14,18-19H,4,7-9,11H2,1-3H3,(H,20,21). The van der Waals surface area contributed by atoms with Crippen molar-refractivity contribution in [2.24, 2.45) is 5.92 Å². The molecule has 0 spiro atoms. The van der Waals surface area contributed by atoms with Gasteiger partial charge in [0.2, 0.25) is 0 Å². The third-order valence-corrected chi connectivity index (χ3v) is 3.21. The molecule has 0 radical (unpaired) electrons. The van der Waals surface area contributed by atoms with Gasteiger partial charge in [-0.05, 0) is 37.0 Å². The number of aliphatic carboxylic acids is 1. The molecule has 0 saturated carbocycles. The minimum Gasteiger partial charge on any atom is -0.490 e. The van der Waals surface area contributed by atoms with Crippen LogP contribution in [0.5, 0.6) is 11.5 Å². The summed E-state index contributed by atoms with van der Waals surface area (Å²) in [5.41, 5.74) is 0.916. The summed E-state index contributed by atoms with van der Waals surface area (Å²) in [4.78, 5) is 11.3. The van der Waals surface area contributed by atoms with Crippen molar-refractivity contribution in [2.75, 3.05) is 19.8 Å². The van der Waals surface area contributed by atoms with Crippen LogP contribution in [0.3, 0.4) is 0 Å². The van der Waals surface area contributed by atoms with Gasteiger partial charge in [0, 0.05) is 6.54 Å². The van der Waals surface area contributed by atoms with Gasteiger partial charge in [0.25, 0.3) is 0 Å². The molecule has 0 saturated heterocycles. The van der Waals surface area contributed by atoms with E-state index in [-0.39, 0.29) is 13.2 Å². The van der Waals surface area contributed by atoms with E-state index in [0.29, 0.717) is 37.0 Å². The second kappa shape index (κ2) is 10.1. The molecule has 1 aromatic carbocycles. The summed E-state index contributed by atoms with van der Waals surface area (Å²) in [6.07, 6.45) is 0.575. The Morgan fingerprint density at radius 1 is 1.26 bits per heavy atom. The summed E-state index contributed by atoms with van der Waals surface area (Å²) >= 11 is 0. The smallest absolute Gasteiger partial charge is 0.320 e. The van der Waals surface area contributed by atoms with Gasteiger partial charge in [-0.3, -0.25) is 4.79 Å². The molecular weight excluding hydrogens is 298 g/mol. The monoisotopic (exact) mass is 325 g/mol. The van der Waals surface area contributed by atoms with Crippen molar-refractivity contribution in [3.63, 3.8) is 0 Å². The predicted molar refractivity (Wildman–Crippen MR) is 87.9 cm³/mol. The Labute approximate surface area is 137 Å². The van der Waals surface area contributed by atoms with E-state index >= 15 is 0 Å². The Bertz CT molecular complexity index is 490. The average Bonchev–Trinajstić information content (AvgIpc) is 2.50. The van der Waals surface area contributed by atoms with Gasteiger partial charge in [-0.25, -0.2) is 0 Å². The summed E-state index contributed by atoms with van der Waals surface area (Å²) in [7, 11) is 0. The number of hydrogen-bond donors (Lipinski definition) is 3. The molecule has 1 atom stereocenters. The molecule has 0 aromatic heterocycles. The van der Waals surface area contributed by atoms with Gasteiger partial charge in [-0.15, -0.1) is 0 Å². The lowest BCUT2D eigenvalue weighted by atomic mass is 10.0. The fourth-order valence-corrected chi connectivity index (χ4v) is 2.19. The highest BCUT2D eigenvalue weighted by molar-refractivity contribution is 5.73. The lowest BCUT2D eigenvalue weighted by Crippen LogP contribution is -2.37. The van der Waals surface area contributed by atoms with Gasteiger partial charge in [0.15, 0.2) is 11.5 Å². The van der Waals surface area contributed by atoms with Crippen molar-refractivity contribution in [1.29, 1.82) is 0 Å². The van der Waals surface area contributed by atoms with Crippen LogP contribution in [0.25, 0.3) is 0 Å². The largest absolute Gasteiger partial charge is 0.490 e. The van der Waals surface area contributed by atoms with Crippen LogP contribution >= 0.6 is 0 Å². The summed E-state index contributed by atoms with van der Waals surface area (Å²) in [6, 6.07) is 4.89. The molecule has 0 heterocycles. The number of rotatable bonds is 11. The number of carbonyl (C=O) groups is 1. The van der Waals surface area contributed by atoms with Crippen molar-refractivity contribution < 1.29 is 24.5 Å². The maximum atomic E-state index is 11.3. The van der Waals surface area contributed by atoms with E-state index in [9.17, 15) is 9.90 Å². The minimum atomic E-state index is -0.841. The Kier molecular flexibility index (Phi) is 8.43. The zero-order valence-corrected chi connectivity index (χ0v) is 14.0. The first-order valence-corrected chi connectivity index (χ1v) is 7.93. The highest BCUT2D eigenvalue weighted by Crippen LogP contribution is 2.28. The number of nitrogens with one attached hydrogen (secondary N) is 1. The van der Waals surface area contributed by atoms with Gasteiger partial charge in [0.05, 0.1) is 13.2 Å². The van der Waals surface area contributed by atoms with Crippen LogP contribution < -0.4 is 14.8 Å². The van der Waals surface area contributed by atoms with Gasteiger partial charge < -0.3 is 25.0 Å². The number of aliphatic hydroxyl groups excluding tert-OH is 1.